The quantitative estimate of drug-likeness (QED) is 0.671. The standard InChI is InChI=1S/C26H36N4O4/c1-17-9-7-8-10-21(17)20-11-22-25(27-12-20)34-23(14-29(6)24(32)15-28(4)5)18(2)13-30(26(22)33)19(3)16-31/h7-12,18-19,23,31H,13-16H2,1-6H3/t18-,19+,23-/m1/s1. The molecule has 8 heteroatoms. The van der Waals surface area contributed by atoms with Crippen LogP contribution in [0.3, 0.4) is 0 Å². The molecule has 1 aromatic carbocycles. The molecule has 184 valence electrons. The summed E-state index contributed by atoms with van der Waals surface area (Å²) < 4.78 is 6.30. The number of ether oxygens (including phenoxy) is 1. The number of aliphatic hydroxyl groups excluding tert-OH is 1. The monoisotopic (exact) mass is 468 g/mol. The number of hydrogen-bond donors (Lipinski definition) is 1. The molecule has 1 aliphatic rings. The maximum atomic E-state index is 13.6. The molecule has 1 aliphatic heterocycles. The molecule has 2 aromatic rings. The van der Waals surface area contributed by atoms with Crippen molar-refractivity contribution < 1.29 is 19.4 Å². The zero-order valence-corrected chi connectivity index (χ0v) is 21.0. The number of fused-ring (bicyclic) bond motifs is 1. The minimum atomic E-state index is -0.367. The Hall–Kier alpha value is -2.97. The van der Waals surface area contributed by atoms with Gasteiger partial charge in [0, 0.05) is 31.3 Å². The summed E-state index contributed by atoms with van der Waals surface area (Å²) in [4.78, 5) is 35.9. The van der Waals surface area contributed by atoms with Crippen molar-refractivity contribution in [2.24, 2.45) is 5.92 Å². The highest BCUT2D eigenvalue weighted by Crippen LogP contribution is 2.31. The molecular weight excluding hydrogens is 432 g/mol. The first kappa shape index (κ1) is 25.6. The third-order valence-corrected chi connectivity index (χ3v) is 6.31. The van der Waals surface area contributed by atoms with E-state index in [9.17, 15) is 14.7 Å². The fourth-order valence-electron chi connectivity index (χ4n) is 4.13. The molecule has 34 heavy (non-hydrogen) atoms. The van der Waals surface area contributed by atoms with Gasteiger partial charge in [-0.25, -0.2) is 4.98 Å². The lowest BCUT2D eigenvalue weighted by molar-refractivity contribution is -0.132. The van der Waals surface area contributed by atoms with E-state index in [0.29, 0.717) is 25.2 Å². The zero-order valence-electron chi connectivity index (χ0n) is 21.0. The van der Waals surface area contributed by atoms with Crippen molar-refractivity contribution in [2.75, 3.05) is 47.4 Å². The number of benzene rings is 1. The minimum Gasteiger partial charge on any atom is -0.472 e. The molecule has 0 saturated heterocycles. The van der Waals surface area contributed by atoms with Crippen LogP contribution in [0.5, 0.6) is 5.88 Å². The predicted octanol–water partition coefficient (Wildman–Crippen LogP) is 2.30. The van der Waals surface area contributed by atoms with Crippen LogP contribution in [0.2, 0.25) is 0 Å². The van der Waals surface area contributed by atoms with Gasteiger partial charge in [-0.05, 0) is 45.1 Å². The van der Waals surface area contributed by atoms with Gasteiger partial charge in [-0.1, -0.05) is 31.2 Å². The van der Waals surface area contributed by atoms with Gasteiger partial charge in [0.25, 0.3) is 5.91 Å². The Kier molecular flexibility index (Phi) is 8.28. The Morgan fingerprint density at radius 1 is 1.26 bits per heavy atom. The highest BCUT2D eigenvalue weighted by atomic mass is 16.5. The summed E-state index contributed by atoms with van der Waals surface area (Å²) in [5, 5.41) is 9.84. The Morgan fingerprint density at radius 3 is 2.62 bits per heavy atom. The number of rotatable bonds is 7. The van der Waals surface area contributed by atoms with E-state index in [1.54, 1.807) is 23.0 Å². The highest BCUT2D eigenvalue weighted by molar-refractivity contribution is 5.98. The van der Waals surface area contributed by atoms with Crippen LogP contribution in [0.15, 0.2) is 36.5 Å². The maximum absolute atomic E-state index is 13.6. The van der Waals surface area contributed by atoms with Crippen LogP contribution < -0.4 is 4.74 Å². The molecule has 0 radical (unpaired) electrons. The van der Waals surface area contributed by atoms with Crippen LogP contribution in [-0.2, 0) is 4.79 Å². The summed E-state index contributed by atoms with van der Waals surface area (Å²) >= 11 is 0. The van der Waals surface area contributed by atoms with Gasteiger partial charge in [-0.3, -0.25) is 9.59 Å². The lowest BCUT2D eigenvalue weighted by Crippen LogP contribution is -2.51. The lowest BCUT2D eigenvalue weighted by atomic mass is 9.98. The van der Waals surface area contributed by atoms with Crippen molar-refractivity contribution in [1.29, 1.82) is 0 Å². The van der Waals surface area contributed by atoms with Gasteiger partial charge < -0.3 is 24.5 Å². The van der Waals surface area contributed by atoms with Crippen LogP contribution in [0.25, 0.3) is 11.1 Å². The summed E-state index contributed by atoms with van der Waals surface area (Å²) in [5.41, 5.74) is 3.26. The molecule has 0 fully saturated rings. The van der Waals surface area contributed by atoms with Gasteiger partial charge in [-0.2, -0.15) is 0 Å². The average Bonchev–Trinajstić information content (AvgIpc) is 2.80. The number of carbonyl (C=O) groups is 2. The first-order chi connectivity index (χ1) is 16.1. The summed E-state index contributed by atoms with van der Waals surface area (Å²) in [7, 11) is 5.47. The average molecular weight is 469 g/mol. The lowest BCUT2D eigenvalue weighted by Gasteiger charge is -2.37. The normalized spacial score (nSPS) is 19.2. The molecule has 2 heterocycles. The molecule has 0 aliphatic carbocycles. The number of likely N-dealkylation sites (N-methyl/N-ethyl adjacent to an activating group) is 2. The van der Waals surface area contributed by atoms with E-state index in [1.165, 1.54) is 0 Å². The van der Waals surface area contributed by atoms with Crippen molar-refractivity contribution in [2.45, 2.75) is 32.9 Å². The topological polar surface area (TPSA) is 86.2 Å². The summed E-state index contributed by atoms with van der Waals surface area (Å²) in [6, 6.07) is 9.39. The second-order valence-corrected chi connectivity index (χ2v) is 9.53. The van der Waals surface area contributed by atoms with Crippen molar-refractivity contribution in [3.63, 3.8) is 0 Å². The van der Waals surface area contributed by atoms with E-state index in [4.69, 9.17) is 4.74 Å². The molecule has 1 N–H and O–H groups in total. The smallest absolute Gasteiger partial charge is 0.259 e. The molecule has 0 bridgehead atoms. The van der Waals surface area contributed by atoms with Crippen LogP contribution in [-0.4, -0.2) is 96.1 Å². The van der Waals surface area contributed by atoms with Gasteiger partial charge in [0.15, 0.2) is 0 Å². The largest absolute Gasteiger partial charge is 0.472 e. The molecule has 8 nitrogen and oxygen atoms in total. The van der Waals surface area contributed by atoms with Gasteiger partial charge >= 0.3 is 0 Å². The number of hydrogen-bond acceptors (Lipinski definition) is 6. The van der Waals surface area contributed by atoms with Crippen molar-refractivity contribution in [1.82, 2.24) is 19.7 Å². The number of aliphatic hydroxyl groups is 1. The Bertz CT molecular complexity index is 1030. The highest BCUT2D eigenvalue weighted by Gasteiger charge is 2.34. The van der Waals surface area contributed by atoms with Gasteiger partial charge in [0.1, 0.15) is 11.7 Å². The number of pyridine rings is 1. The van der Waals surface area contributed by atoms with Gasteiger partial charge in [0.05, 0.1) is 25.7 Å². The number of aryl methyl sites for hydroxylation is 1. The Morgan fingerprint density at radius 2 is 1.97 bits per heavy atom. The second kappa shape index (κ2) is 11.0. The summed E-state index contributed by atoms with van der Waals surface area (Å²) in [6.45, 7) is 6.75. The van der Waals surface area contributed by atoms with Gasteiger partial charge in [0.2, 0.25) is 11.8 Å². The van der Waals surface area contributed by atoms with E-state index in [2.05, 4.69) is 4.98 Å². The summed E-state index contributed by atoms with van der Waals surface area (Å²) in [5.74, 6) is -0.0644. The number of carbonyl (C=O) groups excluding carboxylic acids is 2. The van der Waals surface area contributed by atoms with Crippen LogP contribution in [0, 0.1) is 12.8 Å². The Labute approximate surface area is 202 Å². The van der Waals surface area contributed by atoms with E-state index >= 15 is 0 Å². The third kappa shape index (κ3) is 5.74. The number of aromatic nitrogens is 1. The van der Waals surface area contributed by atoms with Crippen LogP contribution in [0.1, 0.15) is 29.8 Å². The van der Waals surface area contributed by atoms with Crippen molar-refractivity contribution >= 4 is 11.8 Å². The van der Waals surface area contributed by atoms with E-state index in [1.807, 2.05) is 70.1 Å². The third-order valence-electron chi connectivity index (χ3n) is 6.31. The molecule has 3 rings (SSSR count). The fraction of sp³-hybridized carbons (Fsp3) is 0.500. The first-order valence-electron chi connectivity index (χ1n) is 11.7. The van der Waals surface area contributed by atoms with Gasteiger partial charge in [-0.15, -0.1) is 0 Å². The maximum Gasteiger partial charge on any atom is 0.259 e. The fourth-order valence-corrected chi connectivity index (χ4v) is 4.13. The van der Waals surface area contributed by atoms with Crippen molar-refractivity contribution in [3.8, 4) is 17.0 Å². The molecule has 0 unspecified atom stereocenters. The second-order valence-electron chi connectivity index (χ2n) is 9.53. The van der Waals surface area contributed by atoms with Crippen LogP contribution >= 0.6 is 0 Å². The Balaban J connectivity index is 2.00. The molecule has 3 atom stereocenters. The molecular formula is C26H36N4O4. The zero-order chi connectivity index (χ0) is 25.0. The SMILES string of the molecule is Cc1ccccc1-c1cnc2c(c1)C(=O)N([C@@H](C)CO)C[C@@H](C)[C@@H](CN(C)C(=O)CN(C)C)O2. The van der Waals surface area contributed by atoms with E-state index in [-0.39, 0.29) is 42.4 Å². The summed E-state index contributed by atoms with van der Waals surface area (Å²) in [6.07, 6.45) is 1.35. The predicted molar refractivity (Wildman–Crippen MR) is 132 cm³/mol. The molecule has 0 spiro atoms. The molecule has 0 saturated carbocycles. The van der Waals surface area contributed by atoms with E-state index in [0.717, 1.165) is 16.7 Å². The molecule has 1 aromatic heterocycles. The minimum absolute atomic E-state index is 0.0115. The number of nitrogens with zero attached hydrogens (tertiary/aromatic N) is 4. The van der Waals surface area contributed by atoms with Crippen LogP contribution in [0.4, 0.5) is 0 Å². The van der Waals surface area contributed by atoms with E-state index < -0.39 is 0 Å². The van der Waals surface area contributed by atoms with Crippen molar-refractivity contribution in [3.05, 3.63) is 47.7 Å². The number of amides is 2. The first-order valence-corrected chi connectivity index (χ1v) is 11.7. The molecule has 2 amide bonds.